The van der Waals surface area contributed by atoms with Crippen molar-refractivity contribution < 1.29 is 23.9 Å². The van der Waals surface area contributed by atoms with Gasteiger partial charge >= 0.3 is 0 Å². The zero-order chi connectivity index (χ0) is 19.8. The number of carbonyl (C=O) groups excluding carboxylic acids is 3. The lowest BCUT2D eigenvalue weighted by molar-refractivity contribution is -0.149. The quantitative estimate of drug-likeness (QED) is 0.681. The Morgan fingerprint density at radius 1 is 1.26 bits per heavy atom. The molecule has 1 saturated heterocycles. The van der Waals surface area contributed by atoms with Crippen LogP contribution in [0.25, 0.3) is 0 Å². The van der Waals surface area contributed by atoms with Crippen molar-refractivity contribution >= 4 is 29.0 Å². The summed E-state index contributed by atoms with van der Waals surface area (Å²) in [7, 11) is 4.98. The molecule has 3 aliphatic carbocycles. The summed E-state index contributed by atoms with van der Waals surface area (Å²) >= 11 is 6.97. The molecule has 6 nitrogen and oxygen atoms in total. The highest BCUT2D eigenvalue weighted by molar-refractivity contribution is 6.24. The molecule has 7 heteroatoms. The molecule has 2 saturated carbocycles. The Morgan fingerprint density at radius 3 is 2.56 bits per heavy atom. The van der Waals surface area contributed by atoms with E-state index < -0.39 is 27.7 Å². The van der Waals surface area contributed by atoms with Gasteiger partial charge in [-0.25, -0.2) is 0 Å². The van der Waals surface area contributed by atoms with Gasteiger partial charge in [-0.3, -0.25) is 19.3 Å². The molecule has 4 aliphatic rings. The number of allylic oxidation sites excluding steroid dienone is 1. The van der Waals surface area contributed by atoms with Crippen LogP contribution in [0.4, 0.5) is 0 Å². The summed E-state index contributed by atoms with van der Waals surface area (Å²) in [6.07, 6.45) is 2.11. The maximum Gasteiger partial charge on any atom is 0.201 e. The molecule has 1 spiro atoms. The van der Waals surface area contributed by atoms with Crippen LogP contribution in [0.2, 0.25) is 0 Å². The number of hydrogen-bond donors (Lipinski definition) is 0. The van der Waals surface area contributed by atoms with Crippen molar-refractivity contribution in [1.82, 2.24) is 4.90 Å². The minimum absolute atomic E-state index is 0.0147. The van der Waals surface area contributed by atoms with Gasteiger partial charge in [0.1, 0.15) is 11.6 Å². The molecule has 1 heterocycles. The Bertz CT molecular complexity index is 778. The average molecular weight is 396 g/mol. The Kier molecular flexibility index (Phi) is 4.07. The number of methoxy groups -OCH3 is 2. The molecule has 0 N–H and O–H groups in total. The second-order valence-electron chi connectivity index (χ2n) is 8.45. The van der Waals surface area contributed by atoms with E-state index in [1.807, 2.05) is 7.05 Å². The van der Waals surface area contributed by atoms with Gasteiger partial charge < -0.3 is 9.47 Å². The molecule has 148 valence electrons. The van der Waals surface area contributed by atoms with Gasteiger partial charge in [-0.1, -0.05) is 0 Å². The third-order valence-electron chi connectivity index (χ3n) is 7.95. The molecule has 3 fully saturated rings. The topological polar surface area (TPSA) is 72.9 Å². The predicted octanol–water partition coefficient (Wildman–Crippen LogP) is 2.09. The summed E-state index contributed by atoms with van der Waals surface area (Å²) in [5, 5.41) is -0.529. The molecule has 0 aromatic carbocycles. The molecule has 27 heavy (non-hydrogen) atoms. The van der Waals surface area contributed by atoms with Crippen LogP contribution in [-0.4, -0.2) is 61.0 Å². The molecular weight excluding hydrogens is 370 g/mol. The minimum Gasteiger partial charge on any atom is -0.495 e. The normalized spacial score (nSPS) is 44.0. The lowest BCUT2D eigenvalue weighted by Crippen LogP contribution is -2.62. The van der Waals surface area contributed by atoms with E-state index in [-0.39, 0.29) is 29.5 Å². The highest BCUT2D eigenvalue weighted by Gasteiger charge is 2.83. The fourth-order valence-corrected chi connectivity index (χ4v) is 7.87. The van der Waals surface area contributed by atoms with Crippen LogP contribution >= 0.6 is 11.6 Å². The van der Waals surface area contributed by atoms with Gasteiger partial charge in [-0.05, 0) is 39.8 Å². The third kappa shape index (κ3) is 1.80. The number of likely N-dealkylation sites (N-methyl/N-ethyl adjacent to an activating group) is 1. The van der Waals surface area contributed by atoms with Crippen LogP contribution in [0.3, 0.4) is 0 Å². The fraction of sp³-hybridized carbons (Fsp3) is 0.750. The lowest BCUT2D eigenvalue weighted by atomic mass is 9.50. The van der Waals surface area contributed by atoms with Crippen LogP contribution in [0.15, 0.2) is 11.5 Å². The van der Waals surface area contributed by atoms with E-state index in [0.29, 0.717) is 38.0 Å². The number of hydrogen-bond acceptors (Lipinski definition) is 6. The molecule has 0 radical (unpaired) electrons. The van der Waals surface area contributed by atoms with Gasteiger partial charge in [0.15, 0.2) is 5.76 Å². The van der Waals surface area contributed by atoms with E-state index in [2.05, 4.69) is 4.90 Å². The van der Waals surface area contributed by atoms with E-state index >= 15 is 0 Å². The Labute approximate surface area is 164 Å². The van der Waals surface area contributed by atoms with E-state index in [1.165, 1.54) is 14.2 Å². The Hall–Kier alpha value is -1.40. The van der Waals surface area contributed by atoms with Crippen molar-refractivity contribution in [3.63, 3.8) is 0 Å². The molecule has 0 bridgehead atoms. The van der Waals surface area contributed by atoms with Crippen molar-refractivity contribution in [3.05, 3.63) is 11.5 Å². The van der Waals surface area contributed by atoms with Crippen molar-refractivity contribution in [3.8, 4) is 0 Å². The molecule has 0 amide bonds. The number of rotatable bonds is 3. The van der Waals surface area contributed by atoms with Gasteiger partial charge in [-0.2, -0.15) is 0 Å². The largest absolute Gasteiger partial charge is 0.495 e. The van der Waals surface area contributed by atoms with Gasteiger partial charge in [0.25, 0.3) is 0 Å². The standard InChI is InChI=1S/C20H26ClNO5/c1-11(23)12-5-6-15(25)20(12)14(21)10-19-17(27-4)16(26-3)13(24)9-18(19,20)7-8-22(19)2/h12,14H,5-10H2,1-4H3/t12-,14-,18+,19+,20+/m0/s1. The highest BCUT2D eigenvalue weighted by atomic mass is 35.5. The van der Waals surface area contributed by atoms with Crippen LogP contribution in [-0.2, 0) is 23.9 Å². The lowest BCUT2D eigenvalue weighted by Gasteiger charge is -2.53. The SMILES string of the molecule is COC1=C(OC)[C@]23C[C@H](Cl)[C@]4(C(=O)CC[C@H]4C(C)=O)[C@]2(CCN3C)CC1=O. The van der Waals surface area contributed by atoms with Crippen LogP contribution in [0.1, 0.15) is 39.0 Å². The molecule has 0 aromatic heterocycles. The first-order valence-electron chi connectivity index (χ1n) is 9.49. The zero-order valence-electron chi connectivity index (χ0n) is 16.3. The van der Waals surface area contributed by atoms with Crippen LogP contribution in [0, 0.1) is 16.7 Å². The molecule has 4 rings (SSSR count). The molecule has 5 atom stereocenters. The van der Waals surface area contributed by atoms with E-state index in [4.69, 9.17) is 21.1 Å². The van der Waals surface area contributed by atoms with Crippen molar-refractivity contribution in [2.45, 2.75) is 49.9 Å². The van der Waals surface area contributed by atoms with Crippen LogP contribution in [0.5, 0.6) is 0 Å². The number of ketones is 3. The van der Waals surface area contributed by atoms with Crippen molar-refractivity contribution in [2.24, 2.45) is 16.7 Å². The monoisotopic (exact) mass is 395 g/mol. The van der Waals surface area contributed by atoms with Gasteiger partial charge in [0, 0.05) is 29.6 Å². The maximum atomic E-state index is 13.4. The summed E-state index contributed by atoms with van der Waals surface area (Å²) in [6, 6.07) is 0. The first-order valence-corrected chi connectivity index (χ1v) is 9.93. The number of nitrogens with zero attached hydrogens (tertiary/aromatic N) is 1. The van der Waals surface area contributed by atoms with Gasteiger partial charge in [0.05, 0.1) is 25.2 Å². The summed E-state index contributed by atoms with van der Waals surface area (Å²) in [5.41, 5.74) is -2.47. The number of alkyl halides is 1. The van der Waals surface area contributed by atoms with E-state index in [9.17, 15) is 14.4 Å². The smallest absolute Gasteiger partial charge is 0.201 e. The molecular formula is C20H26ClNO5. The van der Waals surface area contributed by atoms with Gasteiger partial charge in [-0.15, -0.1) is 11.6 Å². The van der Waals surface area contributed by atoms with Crippen LogP contribution < -0.4 is 0 Å². The first-order chi connectivity index (χ1) is 12.7. The second kappa shape index (κ2) is 5.80. The number of likely N-dealkylation sites (tertiary alicyclic amines) is 1. The third-order valence-corrected chi connectivity index (χ3v) is 8.44. The van der Waals surface area contributed by atoms with E-state index in [0.717, 1.165) is 0 Å². The highest BCUT2D eigenvalue weighted by Crippen LogP contribution is 2.76. The van der Waals surface area contributed by atoms with Gasteiger partial charge in [0.2, 0.25) is 11.5 Å². The summed E-state index contributed by atoms with van der Waals surface area (Å²) in [5.74, 6) is 0.0739. The summed E-state index contributed by atoms with van der Waals surface area (Å²) in [4.78, 5) is 41.3. The van der Waals surface area contributed by atoms with Crippen molar-refractivity contribution in [1.29, 1.82) is 0 Å². The number of Topliss-reactive ketones (excluding diaryl/α,β-unsaturated/α-hetero) is 3. The number of carbonyl (C=O) groups is 3. The van der Waals surface area contributed by atoms with E-state index in [1.54, 1.807) is 6.92 Å². The first kappa shape index (κ1) is 18.9. The number of ether oxygens (including phenoxy) is 2. The minimum atomic E-state index is -1.02. The Morgan fingerprint density at radius 2 is 1.96 bits per heavy atom. The summed E-state index contributed by atoms with van der Waals surface area (Å²) < 4.78 is 11.2. The second-order valence-corrected chi connectivity index (χ2v) is 8.97. The molecule has 0 aromatic rings. The zero-order valence-corrected chi connectivity index (χ0v) is 17.0. The molecule has 0 unspecified atom stereocenters. The predicted molar refractivity (Wildman–Crippen MR) is 98.2 cm³/mol. The van der Waals surface area contributed by atoms with Crippen molar-refractivity contribution in [2.75, 3.05) is 27.8 Å². The number of halogens is 1. The Balaban J connectivity index is 2.07. The average Bonchev–Trinajstić information content (AvgIpc) is 3.18. The maximum absolute atomic E-state index is 13.4. The summed E-state index contributed by atoms with van der Waals surface area (Å²) in [6.45, 7) is 2.25. The molecule has 1 aliphatic heterocycles. The fourth-order valence-electron chi connectivity index (χ4n) is 7.16.